The van der Waals surface area contributed by atoms with Gasteiger partial charge in [-0.1, -0.05) is 23.7 Å². The number of sulfonamides is 1. The molecule has 0 bridgehead atoms. The van der Waals surface area contributed by atoms with Crippen LogP contribution in [0.3, 0.4) is 0 Å². The standard InChI is InChI=1S/C16H15ClN2O5S/c1-23-13-7-6-10(8-11(13)17)25(21,22)18-9-15-16(20)19-12-4-2-3-5-14(12)24-15/h2-8,15,18H,9H2,1H3,(H,19,20). The highest BCUT2D eigenvalue weighted by atomic mass is 35.5. The Morgan fingerprint density at radius 2 is 2.04 bits per heavy atom. The van der Waals surface area contributed by atoms with Crippen molar-refractivity contribution in [3.8, 4) is 11.5 Å². The van der Waals surface area contributed by atoms with E-state index >= 15 is 0 Å². The van der Waals surface area contributed by atoms with E-state index in [4.69, 9.17) is 21.1 Å². The van der Waals surface area contributed by atoms with Crippen LogP contribution in [0.5, 0.6) is 11.5 Å². The van der Waals surface area contributed by atoms with Crippen LogP contribution in [0.25, 0.3) is 0 Å². The van der Waals surface area contributed by atoms with Crippen LogP contribution in [0.15, 0.2) is 47.4 Å². The molecular weight excluding hydrogens is 368 g/mol. The van der Waals surface area contributed by atoms with E-state index < -0.39 is 22.0 Å². The minimum absolute atomic E-state index is 0.0325. The predicted molar refractivity (Wildman–Crippen MR) is 92.7 cm³/mol. The van der Waals surface area contributed by atoms with Gasteiger partial charge in [-0.25, -0.2) is 13.1 Å². The van der Waals surface area contributed by atoms with E-state index in [0.717, 1.165) is 0 Å². The lowest BCUT2D eigenvalue weighted by Crippen LogP contribution is -2.45. The lowest BCUT2D eigenvalue weighted by Gasteiger charge is -2.25. The van der Waals surface area contributed by atoms with Crippen molar-refractivity contribution in [1.82, 2.24) is 4.72 Å². The first kappa shape index (κ1) is 17.5. The van der Waals surface area contributed by atoms with Crippen LogP contribution < -0.4 is 19.5 Å². The van der Waals surface area contributed by atoms with Crippen LogP contribution in [0.1, 0.15) is 0 Å². The number of nitrogens with one attached hydrogen (secondary N) is 2. The molecule has 0 radical (unpaired) electrons. The Kier molecular flexibility index (Phi) is 4.85. The van der Waals surface area contributed by atoms with E-state index in [1.165, 1.54) is 25.3 Å². The molecule has 0 saturated carbocycles. The van der Waals surface area contributed by atoms with E-state index in [-0.39, 0.29) is 16.5 Å². The molecule has 132 valence electrons. The van der Waals surface area contributed by atoms with Gasteiger partial charge in [-0.15, -0.1) is 0 Å². The minimum atomic E-state index is -3.86. The van der Waals surface area contributed by atoms with Crippen molar-refractivity contribution >= 4 is 33.2 Å². The molecule has 25 heavy (non-hydrogen) atoms. The number of amides is 1. The first-order valence-electron chi connectivity index (χ1n) is 7.30. The molecule has 1 aliphatic heterocycles. The second-order valence-corrected chi connectivity index (χ2v) is 7.41. The number of hydrogen-bond acceptors (Lipinski definition) is 5. The van der Waals surface area contributed by atoms with E-state index in [9.17, 15) is 13.2 Å². The Labute approximate surface area is 149 Å². The molecule has 0 spiro atoms. The molecule has 0 aromatic heterocycles. The van der Waals surface area contributed by atoms with Gasteiger partial charge in [0.2, 0.25) is 10.0 Å². The Hall–Kier alpha value is -2.29. The van der Waals surface area contributed by atoms with Crippen molar-refractivity contribution in [2.75, 3.05) is 19.0 Å². The monoisotopic (exact) mass is 382 g/mol. The zero-order chi connectivity index (χ0) is 18.0. The molecule has 1 atom stereocenters. The summed E-state index contributed by atoms with van der Waals surface area (Å²) < 4.78 is 37.7. The maximum absolute atomic E-state index is 12.4. The molecule has 1 aliphatic rings. The largest absolute Gasteiger partial charge is 0.495 e. The molecule has 7 nitrogen and oxygen atoms in total. The number of anilines is 1. The topological polar surface area (TPSA) is 93.7 Å². The third-order valence-corrected chi connectivity index (χ3v) is 5.32. The SMILES string of the molecule is COc1ccc(S(=O)(=O)NCC2Oc3ccccc3NC2=O)cc1Cl. The van der Waals surface area contributed by atoms with Gasteiger partial charge in [0.15, 0.2) is 6.10 Å². The van der Waals surface area contributed by atoms with Gasteiger partial charge in [0.05, 0.1) is 29.3 Å². The highest BCUT2D eigenvalue weighted by Crippen LogP contribution is 2.29. The Balaban J connectivity index is 1.72. The van der Waals surface area contributed by atoms with Gasteiger partial charge >= 0.3 is 0 Å². The van der Waals surface area contributed by atoms with E-state index in [2.05, 4.69) is 10.0 Å². The maximum Gasteiger partial charge on any atom is 0.266 e. The van der Waals surface area contributed by atoms with Gasteiger partial charge in [0, 0.05) is 0 Å². The molecule has 2 N–H and O–H groups in total. The molecule has 2 aromatic rings. The van der Waals surface area contributed by atoms with Crippen LogP contribution in [0.4, 0.5) is 5.69 Å². The van der Waals surface area contributed by atoms with Crippen LogP contribution >= 0.6 is 11.6 Å². The number of carbonyl (C=O) groups excluding carboxylic acids is 1. The number of fused-ring (bicyclic) bond motifs is 1. The number of para-hydroxylation sites is 2. The summed E-state index contributed by atoms with van der Waals surface area (Å²) in [4.78, 5) is 12.0. The molecule has 1 amide bonds. The number of carbonyl (C=O) groups is 1. The number of ether oxygens (including phenoxy) is 2. The fraction of sp³-hybridized carbons (Fsp3) is 0.188. The summed E-state index contributed by atoms with van der Waals surface area (Å²) in [5.41, 5.74) is 0.550. The second kappa shape index (κ2) is 6.91. The lowest BCUT2D eigenvalue weighted by atomic mass is 10.2. The Morgan fingerprint density at radius 3 is 2.76 bits per heavy atom. The number of methoxy groups -OCH3 is 1. The van der Waals surface area contributed by atoms with Crippen LogP contribution in [0.2, 0.25) is 5.02 Å². The normalized spacial score (nSPS) is 16.6. The molecule has 1 heterocycles. The van der Waals surface area contributed by atoms with Crippen molar-refractivity contribution in [1.29, 1.82) is 0 Å². The predicted octanol–water partition coefficient (Wildman–Crippen LogP) is 2.03. The van der Waals surface area contributed by atoms with Crippen molar-refractivity contribution < 1.29 is 22.7 Å². The smallest absolute Gasteiger partial charge is 0.266 e. The van der Waals surface area contributed by atoms with Crippen molar-refractivity contribution in [2.24, 2.45) is 0 Å². The molecule has 0 aliphatic carbocycles. The second-order valence-electron chi connectivity index (χ2n) is 5.24. The van der Waals surface area contributed by atoms with Crippen molar-refractivity contribution in [2.45, 2.75) is 11.0 Å². The quantitative estimate of drug-likeness (QED) is 0.825. The number of benzene rings is 2. The summed E-state index contributed by atoms with van der Waals surface area (Å²) in [6.07, 6.45) is -0.974. The zero-order valence-corrected chi connectivity index (χ0v) is 14.7. The fourth-order valence-corrected chi connectivity index (χ4v) is 3.69. The zero-order valence-electron chi connectivity index (χ0n) is 13.2. The molecule has 1 unspecified atom stereocenters. The molecular formula is C16H15ClN2O5S. The molecule has 0 fully saturated rings. The van der Waals surface area contributed by atoms with Crippen molar-refractivity contribution in [3.05, 3.63) is 47.5 Å². The lowest BCUT2D eigenvalue weighted by molar-refractivity contribution is -0.123. The number of hydrogen-bond donors (Lipinski definition) is 2. The summed E-state index contributed by atoms with van der Waals surface area (Å²) in [5.74, 6) is 0.431. The molecule has 0 saturated heterocycles. The Bertz CT molecular complexity index is 916. The van der Waals surface area contributed by atoms with Gasteiger partial charge in [0.25, 0.3) is 5.91 Å². The first-order chi connectivity index (χ1) is 11.9. The summed E-state index contributed by atoms with van der Waals surface area (Å²) in [6, 6.07) is 11.0. The highest BCUT2D eigenvalue weighted by Gasteiger charge is 2.29. The van der Waals surface area contributed by atoms with Crippen LogP contribution in [0, 0.1) is 0 Å². The van der Waals surface area contributed by atoms with E-state index in [1.807, 2.05) is 0 Å². The third-order valence-electron chi connectivity index (χ3n) is 3.60. The van der Waals surface area contributed by atoms with Crippen LogP contribution in [-0.4, -0.2) is 34.1 Å². The van der Waals surface area contributed by atoms with Gasteiger partial charge in [0.1, 0.15) is 11.5 Å². The molecule has 2 aromatic carbocycles. The number of halogens is 1. The average molecular weight is 383 g/mol. The van der Waals surface area contributed by atoms with Gasteiger partial charge in [-0.3, -0.25) is 4.79 Å². The maximum atomic E-state index is 12.4. The number of rotatable bonds is 5. The van der Waals surface area contributed by atoms with E-state index in [0.29, 0.717) is 17.2 Å². The highest BCUT2D eigenvalue weighted by molar-refractivity contribution is 7.89. The molecule has 3 rings (SSSR count). The van der Waals surface area contributed by atoms with Gasteiger partial charge < -0.3 is 14.8 Å². The molecule has 9 heteroatoms. The summed E-state index contributed by atoms with van der Waals surface area (Å²) >= 11 is 5.96. The fourth-order valence-electron chi connectivity index (χ4n) is 2.31. The van der Waals surface area contributed by atoms with E-state index in [1.54, 1.807) is 24.3 Å². The average Bonchev–Trinajstić information content (AvgIpc) is 2.60. The van der Waals surface area contributed by atoms with Crippen LogP contribution in [-0.2, 0) is 14.8 Å². The van der Waals surface area contributed by atoms with Crippen molar-refractivity contribution in [3.63, 3.8) is 0 Å². The van der Waals surface area contributed by atoms with Gasteiger partial charge in [-0.2, -0.15) is 0 Å². The first-order valence-corrected chi connectivity index (χ1v) is 9.16. The third kappa shape index (κ3) is 3.71. The summed E-state index contributed by atoms with van der Waals surface area (Å²) in [5, 5.41) is 2.85. The summed E-state index contributed by atoms with van der Waals surface area (Å²) in [6.45, 7) is -0.216. The minimum Gasteiger partial charge on any atom is -0.495 e. The Morgan fingerprint density at radius 1 is 1.28 bits per heavy atom. The van der Waals surface area contributed by atoms with Gasteiger partial charge in [-0.05, 0) is 30.3 Å². The summed E-state index contributed by atoms with van der Waals surface area (Å²) in [7, 11) is -2.42.